The van der Waals surface area contributed by atoms with Crippen molar-refractivity contribution in [1.29, 1.82) is 0 Å². The molecular weight excluding hydrogens is 392 g/mol. The number of carbonyl (C=O) groups excluding carboxylic acids is 1. The lowest BCUT2D eigenvalue weighted by Crippen LogP contribution is -2.25. The maximum Gasteiger partial charge on any atom is 0.277 e. The van der Waals surface area contributed by atoms with Crippen molar-refractivity contribution < 1.29 is 19.0 Å². The molecule has 0 unspecified atom stereocenters. The molecule has 0 aliphatic heterocycles. The lowest BCUT2D eigenvalue weighted by molar-refractivity contribution is -0.123. The van der Waals surface area contributed by atoms with Gasteiger partial charge >= 0.3 is 0 Å². The first-order chi connectivity index (χ1) is 14.5. The van der Waals surface area contributed by atoms with E-state index in [1.165, 1.54) is 11.8 Å². The van der Waals surface area contributed by atoms with Crippen molar-refractivity contribution in [1.82, 2.24) is 5.43 Å². The molecule has 0 bridgehead atoms. The smallest absolute Gasteiger partial charge is 0.277 e. The number of rotatable bonds is 9. The lowest BCUT2D eigenvalue weighted by atomic mass is 9.72. The van der Waals surface area contributed by atoms with Crippen LogP contribution in [0.1, 0.15) is 52.2 Å². The first-order valence-electron chi connectivity index (χ1n) is 10.3. The van der Waals surface area contributed by atoms with Crippen molar-refractivity contribution in [2.24, 2.45) is 10.5 Å². The zero-order valence-corrected chi connectivity index (χ0v) is 19.6. The molecule has 0 saturated heterocycles. The highest BCUT2D eigenvalue weighted by Crippen LogP contribution is 2.36. The molecule has 0 saturated carbocycles. The molecule has 0 heterocycles. The fourth-order valence-corrected chi connectivity index (χ4v) is 3.72. The number of hydrogen-bond donors (Lipinski definition) is 1. The Morgan fingerprint density at radius 3 is 2.19 bits per heavy atom. The van der Waals surface area contributed by atoms with E-state index in [4.69, 9.17) is 14.2 Å². The molecule has 168 valence electrons. The third-order valence-electron chi connectivity index (χ3n) is 4.79. The number of nitrogens with one attached hydrogen (secondary N) is 1. The van der Waals surface area contributed by atoms with Crippen LogP contribution in [0.5, 0.6) is 17.2 Å². The van der Waals surface area contributed by atoms with Crippen LogP contribution >= 0.6 is 0 Å². The first-order valence-corrected chi connectivity index (χ1v) is 10.3. The average molecular weight is 427 g/mol. The third-order valence-corrected chi connectivity index (χ3v) is 4.79. The van der Waals surface area contributed by atoms with Gasteiger partial charge in [0.15, 0.2) is 18.1 Å². The lowest BCUT2D eigenvalue weighted by Gasteiger charge is -2.33. The molecule has 6 heteroatoms. The van der Waals surface area contributed by atoms with Crippen LogP contribution in [0.3, 0.4) is 0 Å². The second-order valence-corrected chi connectivity index (χ2v) is 9.34. The van der Waals surface area contributed by atoms with E-state index in [0.717, 1.165) is 12.0 Å². The van der Waals surface area contributed by atoms with Crippen molar-refractivity contribution in [2.75, 3.05) is 20.8 Å². The average Bonchev–Trinajstić information content (AvgIpc) is 2.70. The molecule has 0 radical (unpaired) electrons. The van der Waals surface area contributed by atoms with Crippen LogP contribution in [-0.4, -0.2) is 32.9 Å². The summed E-state index contributed by atoms with van der Waals surface area (Å²) in [5.74, 6) is 1.53. The zero-order valence-electron chi connectivity index (χ0n) is 19.6. The number of ether oxygens (including phenoxy) is 3. The molecule has 0 aliphatic rings. The van der Waals surface area contributed by atoms with Gasteiger partial charge in [-0.25, -0.2) is 5.43 Å². The number of amides is 1. The Balaban J connectivity index is 1.87. The molecule has 2 rings (SSSR count). The van der Waals surface area contributed by atoms with E-state index in [0.29, 0.717) is 17.2 Å². The molecule has 0 spiro atoms. The standard InChI is InChI=1S/C25H34N2O4/c1-24(2,3)17-25(4,5)19-9-11-20(12-10-19)31-16-23(28)27-26-15-18-8-13-21(29-6)22(14-18)30-7/h8-15H,16-17H2,1-7H3,(H,27,28)/b26-15-. The van der Waals surface area contributed by atoms with E-state index in [1.54, 1.807) is 26.4 Å². The molecular formula is C25H34N2O4. The van der Waals surface area contributed by atoms with Gasteiger partial charge in [0, 0.05) is 0 Å². The maximum atomic E-state index is 12.0. The summed E-state index contributed by atoms with van der Waals surface area (Å²) in [6, 6.07) is 13.3. The highest BCUT2D eigenvalue weighted by Gasteiger charge is 2.27. The molecule has 31 heavy (non-hydrogen) atoms. The molecule has 2 aromatic rings. The first kappa shape index (κ1) is 24.3. The van der Waals surface area contributed by atoms with Crippen LogP contribution in [0.25, 0.3) is 0 Å². The third kappa shape index (κ3) is 7.63. The predicted octanol–water partition coefficient (Wildman–Crippen LogP) is 4.95. The van der Waals surface area contributed by atoms with Gasteiger partial charge in [0.1, 0.15) is 5.75 Å². The van der Waals surface area contributed by atoms with E-state index in [9.17, 15) is 4.79 Å². The van der Waals surface area contributed by atoms with Crippen LogP contribution < -0.4 is 19.6 Å². The summed E-state index contributed by atoms with van der Waals surface area (Å²) in [5, 5.41) is 3.96. The van der Waals surface area contributed by atoms with E-state index >= 15 is 0 Å². The number of hydrogen-bond acceptors (Lipinski definition) is 5. The van der Waals surface area contributed by atoms with E-state index < -0.39 is 0 Å². The van der Waals surface area contributed by atoms with Gasteiger partial charge in [-0.1, -0.05) is 46.8 Å². The number of methoxy groups -OCH3 is 2. The number of carbonyl (C=O) groups is 1. The molecule has 0 fully saturated rings. The highest BCUT2D eigenvalue weighted by molar-refractivity contribution is 5.83. The Morgan fingerprint density at radius 1 is 0.968 bits per heavy atom. The Kier molecular flexibility index (Phi) is 8.08. The van der Waals surface area contributed by atoms with Gasteiger partial charge in [-0.05, 0) is 58.7 Å². The minimum Gasteiger partial charge on any atom is -0.493 e. The van der Waals surface area contributed by atoms with Gasteiger partial charge in [-0.3, -0.25) is 4.79 Å². The summed E-state index contributed by atoms with van der Waals surface area (Å²) >= 11 is 0. The van der Waals surface area contributed by atoms with Gasteiger partial charge < -0.3 is 14.2 Å². The largest absolute Gasteiger partial charge is 0.493 e. The van der Waals surface area contributed by atoms with Crippen LogP contribution in [0, 0.1) is 5.41 Å². The summed E-state index contributed by atoms with van der Waals surface area (Å²) < 4.78 is 16.0. The molecule has 1 amide bonds. The Labute approximate surface area is 185 Å². The number of nitrogens with zero attached hydrogens (tertiary/aromatic N) is 1. The molecule has 0 atom stereocenters. The quantitative estimate of drug-likeness (QED) is 0.455. The summed E-state index contributed by atoms with van der Waals surface area (Å²) in [4.78, 5) is 12.0. The zero-order chi connectivity index (χ0) is 23.1. The molecule has 0 aliphatic carbocycles. The molecule has 0 aromatic heterocycles. The second kappa shape index (κ2) is 10.3. The van der Waals surface area contributed by atoms with E-state index in [2.05, 4.69) is 57.3 Å². The van der Waals surface area contributed by atoms with Crippen LogP contribution in [0.4, 0.5) is 0 Å². The van der Waals surface area contributed by atoms with Gasteiger partial charge in [0.2, 0.25) is 0 Å². The number of hydrazone groups is 1. The van der Waals surface area contributed by atoms with Gasteiger partial charge in [0.05, 0.1) is 20.4 Å². The topological polar surface area (TPSA) is 69.2 Å². The highest BCUT2D eigenvalue weighted by atomic mass is 16.5. The van der Waals surface area contributed by atoms with Crippen molar-refractivity contribution >= 4 is 12.1 Å². The van der Waals surface area contributed by atoms with E-state index in [-0.39, 0.29) is 23.3 Å². The minimum atomic E-state index is -0.339. The summed E-state index contributed by atoms with van der Waals surface area (Å²) in [5.41, 5.74) is 4.79. The second-order valence-electron chi connectivity index (χ2n) is 9.34. The van der Waals surface area contributed by atoms with Gasteiger partial charge in [-0.2, -0.15) is 5.10 Å². The predicted molar refractivity (Wildman–Crippen MR) is 124 cm³/mol. The fraction of sp³-hybridized carbons (Fsp3) is 0.440. The summed E-state index contributed by atoms with van der Waals surface area (Å²) in [6.07, 6.45) is 2.60. The van der Waals surface area contributed by atoms with Crippen molar-refractivity contribution in [2.45, 2.75) is 46.5 Å². The van der Waals surface area contributed by atoms with E-state index in [1.807, 2.05) is 18.2 Å². The minimum absolute atomic E-state index is 0.0625. The van der Waals surface area contributed by atoms with Crippen LogP contribution in [0.15, 0.2) is 47.6 Å². The van der Waals surface area contributed by atoms with Gasteiger partial charge in [-0.15, -0.1) is 0 Å². The molecule has 2 aromatic carbocycles. The summed E-state index contributed by atoms with van der Waals surface area (Å²) in [6.45, 7) is 11.1. The SMILES string of the molecule is COc1ccc(/C=N\NC(=O)COc2ccc(C(C)(C)CC(C)(C)C)cc2)cc1OC. The summed E-state index contributed by atoms with van der Waals surface area (Å²) in [7, 11) is 3.14. The Hall–Kier alpha value is -3.02. The maximum absolute atomic E-state index is 12.0. The van der Waals surface area contributed by atoms with Crippen molar-refractivity contribution in [3.63, 3.8) is 0 Å². The normalized spacial score (nSPS) is 12.0. The molecule has 1 N–H and O–H groups in total. The fourth-order valence-electron chi connectivity index (χ4n) is 3.72. The van der Waals surface area contributed by atoms with Crippen molar-refractivity contribution in [3.8, 4) is 17.2 Å². The monoisotopic (exact) mass is 426 g/mol. The Morgan fingerprint density at radius 2 is 1.61 bits per heavy atom. The Bertz CT molecular complexity index is 897. The van der Waals surface area contributed by atoms with Crippen LogP contribution in [-0.2, 0) is 10.2 Å². The van der Waals surface area contributed by atoms with Crippen LogP contribution in [0.2, 0.25) is 0 Å². The number of benzene rings is 2. The van der Waals surface area contributed by atoms with Gasteiger partial charge in [0.25, 0.3) is 5.91 Å². The van der Waals surface area contributed by atoms with Crippen molar-refractivity contribution in [3.05, 3.63) is 53.6 Å². The molecule has 6 nitrogen and oxygen atoms in total.